The summed E-state index contributed by atoms with van der Waals surface area (Å²) in [5, 5.41) is 14.2. The molecule has 1 aromatic carbocycles. The zero-order valence-corrected chi connectivity index (χ0v) is 20.1. The Bertz CT molecular complexity index is 1020. The van der Waals surface area contributed by atoms with Crippen LogP contribution in [0, 0.1) is 11.3 Å². The van der Waals surface area contributed by atoms with Crippen molar-refractivity contribution in [2.24, 2.45) is 0 Å². The highest BCUT2D eigenvalue weighted by molar-refractivity contribution is 9.10. The summed E-state index contributed by atoms with van der Waals surface area (Å²) >= 11 is 4.61. The van der Waals surface area contributed by atoms with E-state index in [-0.39, 0.29) is 17.2 Å². The second-order valence-corrected chi connectivity index (χ2v) is 8.20. The number of anilines is 1. The molecule has 1 N–H and O–H groups in total. The van der Waals surface area contributed by atoms with Gasteiger partial charge in [-0.1, -0.05) is 15.9 Å². The number of hydrogen-bond donors (Lipinski definition) is 1. The number of amides is 1. The van der Waals surface area contributed by atoms with Gasteiger partial charge in [0.15, 0.2) is 11.5 Å². The molecular formula is C22H23BrN2O5S. The van der Waals surface area contributed by atoms with Crippen molar-refractivity contribution < 1.29 is 23.8 Å². The van der Waals surface area contributed by atoms with Crippen molar-refractivity contribution in [3.63, 3.8) is 0 Å². The summed E-state index contributed by atoms with van der Waals surface area (Å²) in [7, 11) is 0. The van der Waals surface area contributed by atoms with Crippen LogP contribution in [0.25, 0.3) is 6.08 Å². The number of halogens is 1. The van der Waals surface area contributed by atoms with E-state index in [0.717, 1.165) is 0 Å². The van der Waals surface area contributed by atoms with E-state index in [9.17, 15) is 14.9 Å². The second kappa shape index (κ2) is 11.5. The first-order valence-electron chi connectivity index (χ1n) is 9.61. The van der Waals surface area contributed by atoms with Crippen LogP contribution in [0.3, 0.4) is 0 Å². The van der Waals surface area contributed by atoms with E-state index in [4.69, 9.17) is 14.2 Å². The lowest BCUT2D eigenvalue weighted by molar-refractivity contribution is -0.112. The minimum atomic E-state index is -0.637. The lowest BCUT2D eigenvalue weighted by Crippen LogP contribution is -2.17. The van der Waals surface area contributed by atoms with Gasteiger partial charge in [-0.15, -0.1) is 11.3 Å². The van der Waals surface area contributed by atoms with E-state index in [1.807, 2.05) is 19.9 Å². The monoisotopic (exact) mass is 506 g/mol. The number of nitrogens with one attached hydrogen (secondary N) is 1. The third kappa shape index (κ3) is 6.57. The standard InChI is InChI=1S/C22H23BrN2O5S/c1-5-28-18-10-14(17(23)11-19(18)29-6-2)9-15(12-24)20(26)25-21-16(7-8-31-21)22(27)30-13(3)4/h7-11,13H,5-6H2,1-4H3,(H,25,26)/b15-9+. The number of thiophene rings is 1. The molecule has 164 valence electrons. The van der Waals surface area contributed by atoms with E-state index < -0.39 is 11.9 Å². The highest BCUT2D eigenvalue weighted by Crippen LogP contribution is 2.35. The fourth-order valence-corrected chi connectivity index (χ4v) is 3.72. The highest BCUT2D eigenvalue weighted by atomic mass is 79.9. The first-order chi connectivity index (χ1) is 14.8. The van der Waals surface area contributed by atoms with Gasteiger partial charge >= 0.3 is 5.97 Å². The van der Waals surface area contributed by atoms with Crippen LogP contribution in [-0.2, 0) is 9.53 Å². The van der Waals surface area contributed by atoms with Gasteiger partial charge in [0.05, 0.1) is 24.9 Å². The van der Waals surface area contributed by atoms with Crippen molar-refractivity contribution in [3.05, 3.63) is 44.8 Å². The maximum atomic E-state index is 12.7. The molecule has 7 nitrogen and oxygen atoms in total. The van der Waals surface area contributed by atoms with Crippen LogP contribution in [0.1, 0.15) is 43.6 Å². The number of ether oxygens (including phenoxy) is 3. The van der Waals surface area contributed by atoms with Crippen molar-refractivity contribution in [3.8, 4) is 17.6 Å². The van der Waals surface area contributed by atoms with Crippen molar-refractivity contribution in [1.82, 2.24) is 0 Å². The van der Waals surface area contributed by atoms with E-state index in [1.54, 1.807) is 37.4 Å². The average Bonchev–Trinajstić information content (AvgIpc) is 3.17. The maximum absolute atomic E-state index is 12.7. The van der Waals surface area contributed by atoms with E-state index in [1.165, 1.54) is 17.4 Å². The topological polar surface area (TPSA) is 97.7 Å². The molecule has 0 unspecified atom stereocenters. The number of hydrogen-bond acceptors (Lipinski definition) is 7. The van der Waals surface area contributed by atoms with Crippen molar-refractivity contribution in [2.75, 3.05) is 18.5 Å². The molecule has 1 aromatic heterocycles. The number of nitrogens with zero attached hydrogens (tertiary/aromatic N) is 1. The number of benzene rings is 1. The Morgan fingerprint density at radius 1 is 1.23 bits per heavy atom. The number of rotatable bonds is 9. The predicted molar refractivity (Wildman–Crippen MR) is 124 cm³/mol. The molecule has 31 heavy (non-hydrogen) atoms. The molecule has 0 aliphatic heterocycles. The summed E-state index contributed by atoms with van der Waals surface area (Å²) in [6.07, 6.45) is 1.15. The highest BCUT2D eigenvalue weighted by Gasteiger charge is 2.20. The number of carbonyl (C=O) groups is 2. The van der Waals surface area contributed by atoms with Gasteiger partial charge in [0, 0.05) is 4.47 Å². The molecule has 0 fully saturated rings. The molecule has 0 atom stereocenters. The fourth-order valence-electron chi connectivity index (χ4n) is 2.52. The third-order valence-electron chi connectivity index (χ3n) is 3.78. The summed E-state index contributed by atoms with van der Waals surface area (Å²) < 4.78 is 17.0. The van der Waals surface area contributed by atoms with Gasteiger partial charge < -0.3 is 19.5 Å². The van der Waals surface area contributed by atoms with Gasteiger partial charge in [-0.05, 0) is 62.9 Å². The third-order valence-corrected chi connectivity index (χ3v) is 5.30. The summed E-state index contributed by atoms with van der Waals surface area (Å²) in [5.74, 6) is -0.108. The molecule has 0 radical (unpaired) electrons. The molecule has 1 amide bonds. The molecule has 0 aliphatic carbocycles. The predicted octanol–water partition coefficient (Wildman–Crippen LogP) is 5.42. The number of nitriles is 1. The molecule has 2 rings (SSSR count). The van der Waals surface area contributed by atoms with E-state index in [2.05, 4.69) is 21.2 Å². The van der Waals surface area contributed by atoms with E-state index in [0.29, 0.717) is 39.8 Å². The summed E-state index contributed by atoms with van der Waals surface area (Å²) in [5.41, 5.74) is 0.679. The lowest BCUT2D eigenvalue weighted by Gasteiger charge is -2.13. The van der Waals surface area contributed by atoms with Gasteiger partial charge in [0.25, 0.3) is 5.91 Å². The van der Waals surface area contributed by atoms with Crippen LogP contribution < -0.4 is 14.8 Å². The first kappa shape index (κ1) is 24.4. The molecular weight excluding hydrogens is 484 g/mol. The molecule has 2 aromatic rings. The maximum Gasteiger partial charge on any atom is 0.341 e. The quantitative estimate of drug-likeness (QED) is 0.277. The van der Waals surface area contributed by atoms with Crippen molar-refractivity contribution in [2.45, 2.75) is 33.8 Å². The largest absolute Gasteiger partial charge is 0.490 e. The summed E-state index contributed by atoms with van der Waals surface area (Å²) in [6.45, 7) is 8.10. The van der Waals surface area contributed by atoms with Crippen molar-refractivity contribution >= 4 is 50.2 Å². The van der Waals surface area contributed by atoms with Crippen LogP contribution in [0.2, 0.25) is 0 Å². The first-order valence-corrected chi connectivity index (χ1v) is 11.3. The zero-order chi connectivity index (χ0) is 23.0. The summed E-state index contributed by atoms with van der Waals surface area (Å²) in [6, 6.07) is 6.90. The SMILES string of the molecule is CCOc1cc(Br)c(/C=C(\C#N)C(=O)Nc2sccc2C(=O)OC(C)C)cc1OCC. The molecule has 0 bridgehead atoms. The van der Waals surface area contributed by atoms with Gasteiger partial charge in [-0.25, -0.2) is 4.79 Å². The average molecular weight is 507 g/mol. The number of esters is 1. The minimum absolute atomic E-state index is 0.135. The minimum Gasteiger partial charge on any atom is -0.490 e. The van der Waals surface area contributed by atoms with E-state index >= 15 is 0 Å². The van der Waals surface area contributed by atoms with Gasteiger partial charge in [-0.2, -0.15) is 5.26 Å². The van der Waals surface area contributed by atoms with Crippen LogP contribution in [0.4, 0.5) is 5.00 Å². The van der Waals surface area contributed by atoms with Crippen LogP contribution in [0.15, 0.2) is 33.6 Å². The fraction of sp³-hybridized carbons (Fsp3) is 0.318. The molecule has 9 heteroatoms. The Hall–Kier alpha value is -2.83. The number of carbonyl (C=O) groups excluding carboxylic acids is 2. The smallest absolute Gasteiger partial charge is 0.341 e. The molecule has 0 spiro atoms. The Labute approximate surface area is 193 Å². The Morgan fingerprint density at radius 3 is 2.45 bits per heavy atom. The molecule has 1 heterocycles. The normalized spacial score (nSPS) is 11.1. The lowest BCUT2D eigenvalue weighted by atomic mass is 10.1. The molecule has 0 saturated carbocycles. The van der Waals surface area contributed by atoms with Crippen molar-refractivity contribution in [1.29, 1.82) is 5.26 Å². The zero-order valence-electron chi connectivity index (χ0n) is 17.7. The van der Waals surface area contributed by atoms with Crippen LogP contribution in [0.5, 0.6) is 11.5 Å². The second-order valence-electron chi connectivity index (χ2n) is 6.43. The Kier molecular flexibility index (Phi) is 9.09. The van der Waals surface area contributed by atoms with Gasteiger partial charge in [0.1, 0.15) is 16.6 Å². The summed E-state index contributed by atoms with van der Waals surface area (Å²) in [4.78, 5) is 24.9. The Balaban J connectivity index is 2.32. The van der Waals surface area contributed by atoms with Crippen LogP contribution in [-0.4, -0.2) is 31.2 Å². The molecule has 0 saturated heterocycles. The van der Waals surface area contributed by atoms with Crippen LogP contribution >= 0.6 is 27.3 Å². The van der Waals surface area contributed by atoms with Gasteiger partial charge in [-0.3, -0.25) is 4.79 Å². The Morgan fingerprint density at radius 2 is 1.87 bits per heavy atom. The van der Waals surface area contributed by atoms with Gasteiger partial charge in [0.2, 0.25) is 0 Å². The molecule has 0 aliphatic rings.